The van der Waals surface area contributed by atoms with E-state index in [2.05, 4.69) is 20.5 Å². The van der Waals surface area contributed by atoms with Gasteiger partial charge in [0.15, 0.2) is 0 Å². The van der Waals surface area contributed by atoms with E-state index in [1.54, 1.807) is 12.1 Å². The molecule has 182 valence electrons. The Kier molecular flexibility index (Phi) is 6.10. The monoisotopic (exact) mass is 523 g/mol. The maximum atomic E-state index is 13.6. The maximum absolute atomic E-state index is 13.6. The number of nitrogens with zero attached hydrogens (tertiary/aromatic N) is 2. The van der Waals surface area contributed by atoms with Crippen LogP contribution in [0.3, 0.4) is 0 Å². The Hall–Kier alpha value is -3.96. The van der Waals surface area contributed by atoms with Gasteiger partial charge < -0.3 is 11.1 Å². The number of H-pyrrole nitrogens is 1. The molecule has 11 heteroatoms. The van der Waals surface area contributed by atoms with E-state index >= 15 is 0 Å². The Bertz CT molecular complexity index is 1620. The van der Waals surface area contributed by atoms with E-state index in [4.69, 9.17) is 5.73 Å². The number of aromatic amines is 1. The molecule has 0 saturated heterocycles. The zero-order valence-corrected chi connectivity index (χ0v) is 20.7. The highest BCUT2D eigenvalue weighted by molar-refractivity contribution is 7.21. The second-order valence-corrected chi connectivity index (χ2v) is 10.4. The van der Waals surface area contributed by atoms with E-state index in [1.807, 2.05) is 44.2 Å². The van der Waals surface area contributed by atoms with Crippen LogP contribution in [0.15, 0.2) is 48.5 Å². The summed E-state index contributed by atoms with van der Waals surface area (Å²) in [5, 5.41) is 10.1. The van der Waals surface area contributed by atoms with Crippen molar-refractivity contribution in [1.29, 1.82) is 0 Å². The average Bonchev–Trinajstić information content (AvgIpc) is 3.58. The van der Waals surface area contributed by atoms with Crippen LogP contribution in [0.25, 0.3) is 31.9 Å². The largest absolute Gasteiger partial charge is 0.365 e. The third-order valence-electron chi connectivity index (χ3n) is 5.54. The number of halogens is 2. The molecule has 5 rings (SSSR count). The molecule has 0 radical (unpaired) electrons. The molecule has 2 amide bonds. The van der Waals surface area contributed by atoms with Crippen molar-refractivity contribution in [2.45, 2.75) is 20.3 Å². The summed E-state index contributed by atoms with van der Waals surface area (Å²) >= 11 is 2.27. The number of hydrogen-bond acceptors (Lipinski definition) is 6. The third kappa shape index (κ3) is 4.38. The van der Waals surface area contributed by atoms with E-state index in [0.717, 1.165) is 27.3 Å². The van der Waals surface area contributed by atoms with Crippen LogP contribution in [0.2, 0.25) is 0 Å². The highest BCUT2D eigenvalue weighted by atomic mass is 32.1. The number of carbonyl (C=O) groups is 2. The van der Waals surface area contributed by atoms with Crippen LogP contribution in [0.1, 0.15) is 42.7 Å². The third-order valence-corrected chi connectivity index (χ3v) is 7.68. The lowest BCUT2D eigenvalue weighted by molar-refractivity contribution is 0.100. The Morgan fingerprint density at radius 2 is 1.81 bits per heavy atom. The zero-order valence-electron chi connectivity index (χ0n) is 19.1. The molecule has 0 spiro atoms. The lowest BCUT2D eigenvalue weighted by Gasteiger charge is -2.09. The fraction of sp³-hybridized carbons (Fsp3) is 0.120. The van der Waals surface area contributed by atoms with Gasteiger partial charge in [0.25, 0.3) is 18.2 Å². The summed E-state index contributed by atoms with van der Waals surface area (Å²) in [6, 6.07) is 14.2. The van der Waals surface area contributed by atoms with E-state index in [-0.39, 0.29) is 21.1 Å². The van der Waals surface area contributed by atoms with Crippen molar-refractivity contribution < 1.29 is 18.4 Å². The average molecular weight is 524 g/mol. The van der Waals surface area contributed by atoms with E-state index in [9.17, 15) is 18.4 Å². The van der Waals surface area contributed by atoms with Gasteiger partial charge in [-0.1, -0.05) is 29.8 Å². The number of hydrogen-bond donors (Lipinski definition) is 3. The molecule has 0 fully saturated rings. The quantitative estimate of drug-likeness (QED) is 0.242. The fourth-order valence-corrected chi connectivity index (χ4v) is 5.69. The van der Waals surface area contributed by atoms with Gasteiger partial charge in [-0.15, -0.1) is 22.7 Å². The summed E-state index contributed by atoms with van der Waals surface area (Å²) < 4.78 is 27.3. The molecule has 4 heterocycles. The summed E-state index contributed by atoms with van der Waals surface area (Å²) in [5.74, 6) is -1.36. The van der Waals surface area contributed by atoms with Gasteiger partial charge in [-0.25, -0.2) is 13.8 Å². The number of nitrogens with one attached hydrogen (secondary N) is 2. The Labute approximate surface area is 212 Å². The summed E-state index contributed by atoms with van der Waals surface area (Å²) in [6.45, 7) is 3.87. The van der Waals surface area contributed by atoms with Crippen molar-refractivity contribution in [2.75, 3.05) is 5.32 Å². The van der Waals surface area contributed by atoms with Crippen LogP contribution in [0, 0.1) is 13.8 Å². The highest BCUT2D eigenvalue weighted by Gasteiger charge is 2.26. The molecule has 0 saturated carbocycles. The minimum atomic E-state index is -2.81. The van der Waals surface area contributed by atoms with Crippen LogP contribution in [0.5, 0.6) is 0 Å². The van der Waals surface area contributed by atoms with Crippen LogP contribution < -0.4 is 11.1 Å². The lowest BCUT2D eigenvalue weighted by Crippen LogP contribution is -2.17. The molecular formula is C25H19F2N5O2S2. The van der Waals surface area contributed by atoms with Gasteiger partial charge in [-0.3, -0.25) is 14.7 Å². The van der Waals surface area contributed by atoms with Crippen molar-refractivity contribution in [1.82, 2.24) is 15.2 Å². The number of primary amides is 1. The molecule has 5 aromatic rings. The normalized spacial score (nSPS) is 11.4. The van der Waals surface area contributed by atoms with Gasteiger partial charge in [-0.2, -0.15) is 5.10 Å². The van der Waals surface area contributed by atoms with Gasteiger partial charge in [-0.05, 0) is 38.1 Å². The molecule has 1 aromatic carbocycles. The second kappa shape index (κ2) is 9.25. The molecule has 0 unspecified atom stereocenters. The fourth-order valence-electron chi connectivity index (χ4n) is 3.79. The number of carbonyl (C=O) groups excluding carboxylic acids is 2. The molecule has 0 aliphatic rings. The Balaban J connectivity index is 1.61. The first-order valence-electron chi connectivity index (χ1n) is 10.8. The molecule has 4 N–H and O–H groups in total. The van der Waals surface area contributed by atoms with Crippen LogP contribution in [-0.2, 0) is 0 Å². The Morgan fingerprint density at radius 3 is 2.44 bits per heavy atom. The number of pyridine rings is 1. The number of anilines is 1. The number of benzene rings is 1. The number of alkyl halides is 2. The number of nitrogens with two attached hydrogens (primary N) is 1. The van der Waals surface area contributed by atoms with Crippen molar-refractivity contribution in [2.24, 2.45) is 5.73 Å². The Morgan fingerprint density at radius 1 is 1.06 bits per heavy atom. The first-order chi connectivity index (χ1) is 17.2. The number of rotatable bonds is 6. The maximum Gasteiger partial charge on any atom is 0.280 e. The summed E-state index contributed by atoms with van der Waals surface area (Å²) in [7, 11) is 0. The smallest absolute Gasteiger partial charge is 0.280 e. The molecule has 0 bridgehead atoms. The zero-order chi connectivity index (χ0) is 25.6. The van der Waals surface area contributed by atoms with Gasteiger partial charge in [0.2, 0.25) is 0 Å². The van der Waals surface area contributed by atoms with Crippen molar-refractivity contribution in [3.05, 3.63) is 75.2 Å². The highest BCUT2D eigenvalue weighted by Crippen LogP contribution is 2.44. The lowest BCUT2D eigenvalue weighted by atomic mass is 10.1. The molecule has 0 aliphatic carbocycles. The first-order valence-corrected chi connectivity index (χ1v) is 12.4. The van der Waals surface area contributed by atoms with Gasteiger partial charge in [0.1, 0.15) is 21.1 Å². The molecule has 0 aliphatic heterocycles. The summed E-state index contributed by atoms with van der Waals surface area (Å²) in [5.41, 5.74) is 8.41. The molecule has 36 heavy (non-hydrogen) atoms. The minimum absolute atomic E-state index is 0.0186. The minimum Gasteiger partial charge on any atom is -0.365 e. The van der Waals surface area contributed by atoms with E-state index in [1.165, 1.54) is 17.4 Å². The number of amides is 2. The van der Waals surface area contributed by atoms with Crippen LogP contribution >= 0.6 is 22.7 Å². The predicted molar refractivity (Wildman–Crippen MR) is 138 cm³/mol. The topological polar surface area (TPSA) is 114 Å². The van der Waals surface area contributed by atoms with Crippen LogP contribution in [-0.4, -0.2) is 27.0 Å². The van der Waals surface area contributed by atoms with Gasteiger partial charge in [0.05, 0.1) is 11.4 Å². The number of aromatic nitrogens is 3. The first kappa shape index (κ1) is 23.8. The SMILES string of the molecule is Cc1ccc(-c2cc(C(=O)Nc3c(C(N)=O)sc4nc(C(F)F)cc(-c5ccc(C)s5)c34)[nH]n2)cc1. The van der Waals surface area contributed by atoms with E-state index < -0.39 is 23.9 Å². The van der Waals surface area contributed by atoms with Crippen LogP contribution in [0.4, 0.5) is 14.5 Å². The number of thiophene rings is 2. The number of fused-ring (bicyclic) bond motifs is 1. The van der Waals surface area contributed by atoms with Gasteiger partial charge >= 0.3 is 0 Å². The van der Waals surface area contributed by atoms with Crippen molar-refractivity contribution >= 4 is 50.4 Å². The predicted octanol–water partition coefficient (Wildman–Crippen LogP) is 6.32. The molecule has 7 nitrogen and oxygen atoms in total. The summed E-state index contributed by atoms with van der Waals surface area (Å²) in [6.07, 6.45) is -2.81. The second-order valence-electron chi connectivity index (χ2n) is 8.14. The molecular weight excluding hydrogens is 504 g/mol. The van der Waals surface area contributed by atoms with Crippen molar-refractivity contribution in [3.63, 3.8) is 0 Å². The molecule has 0 atom stereocenters. The summed E-state index contributed by atoms with van der Waals surface area (Å²) in [4.78, 5) is 31.4. The van der Waals surface area contributed by atoms with Crippen molar-refractivity contribution in [3.8, 4) is 21.7 Å². The van der Waals surface area contributed by atoms with E-state index in [0.29, 0.717) is 21.5 Å². The standard InChI is InChI=1S/C25H19F2N5O2S2/c1-11-3-6-13(7-4-11)15-10-17(32-31-15)24(34)30-20-19-14(18-8-5-12(2)35-18)9-16(22(26)27)29-25(19)36-21(20)23(28)33/h3-10,22H,1-2H3,(H2,28,33)(H,30,34)(H,31,32). The van der Waals surface area contributed by atoms with Gasteiger partial charge in [0, 0.05) is 26.3 Å². The number of aryl methyl sites for hydroxylation is 2. The molecule has 4 aromatic heterocycles.